The van der Waals surface area contributed by atoms with E-state index in [0.29, 0.717) is 22.7 Å². The van der Waals surface area contributed by atoms with Gasteiger partial charge in [-0.15, -0.1) is 17.9 Å². The Hall–Kier alpha value is -2.44. The largest absolute Gasteiger partial charge is 0.395 e. The standard InChI is InChI=1S/C17H18N2O3S/c1-2-9-19(10-11-20)17(22)13-5-7-14(8-6-13)18-16(21)15-4-3-12-23-15/h2-8,12,20H,1,9-11H2,(H,18,21). The van der Waals surface area contributed by atoms with Crippen molar-refractivity contribution in [3.05, 3.63) is 64.9 Å². The highest BCUT2D eigenvalue weighted by molar-refractivity contribution is 7.12. The topological polar surface area (TPSA) is 69.6 Å². The number of thiophene rings is 1. The van der Waals surface area contributed by atoms with Gasteiger partial charge in [0.25, 0.3) is 11.8 Å². The van der Waals surface area contributed by atoms with Crippen LogP contribution >= 0.6 is 11.3 Å². The minimum absolute atomic E-state index is 0.103. The Labute approximate surface area is 138 Å². The van der Waals surface area contributed by atoms with Gasteiger partial charge in [0.2, 0.25) is 0 Å². The normalized spacial score (nSPS) is 10.1. The molecule has 0 saturated carbocycles. The number of nitrogens with one attached hydrogen (secondary N) is 1. The first kappa shape index (κ1) is 16.9. The SMILES string of the molecule is C=CCN(CCO)C(=O)c1ccc(NC(=O)c2cccs2)cc1. The van der Waals surface area contributed by atoms with E-state index in [1.165, 1.54) is 16.2 Å². The van der Waals surface area contributed by atoms with Crippen molar-refractivity contribution in [3.63, 3.8) is 0 Å². The van der Waals surface area contributed by atoms with Crippen molar-refractivity contribution in [2.75, 3.05) is 25.0 Å². The van der Waals surface area contributed by atoms with Gasteiger partial charge in [0.1, 0.15) is 0 Å². The molecule has 0 spiro atoms. The second-order valence-corrected chi connectivity index (χ2v) is 5.72. The fraction of sp³-hybridized carbons (Fsp3) is 0.176. The molecule has 1 aromatic carbocycles. The molecule has 5 nitrogen and oxygen atoms in total. The van der Waals surface area contributed by atoms with Crippen LogP contribution < -0.4 is 5.32 Å². The predicted octanol–water partition coefficient (Wildman–Crippen LogP) is 2.62. The maximum absolute atomic E-state index is 12.3. The first-order valence-electron chi connectivity index (χ1n) is 7.11. The summed E-state index contributed by atoms with van der Waals surface area (Å²) in [5.74, 6) is -0.359. The minimum atomic E-state index is -0.185. The van der Waals surface area contributed by atoms with E-state index in [-0.39, 0.29) is 25.0 Å². The molecule has 0 atom stereocenters. The Balaban J connectivity index is 2.05. The molecule has 23 heavy (non-hydrogen) atoms. The second-order valence-electron chi connectivity index (χ2n) is 4.77. The lowest BCUT2D eigenvalue weighted by Gasteiger charge is -2.20. The van der Waals surface area contributed by atoms with Gasteiger partial charge in [-0.05, 0) is 35.7 Å². The van der Waals surface area contributed by atoms with Crippen LogP contribution in [0, 0.1) is 0 Å². The summed E-state index contributed by atoms with van der Waals surface area (Å²) < 4.78 is 0. The van der Waals surface area contributed by atoms with E-state index in [1.54, 1.807) is 36.4 Å². The van der Waals surface area contributed by atoms with Crippen molar-refractivity contribution in [2.24, 2.45) is 0 Å². The number of hydrogen-bond donors (Lipinski definition) is 2. The zero-order valence-electron chi connectivity index (χ0n) is 12.6. The first-order chi connectivity index (χ1) is 11.2. The van der Waals surface area contributed by atoms with Gasteiger partial charge in [0, 0.05) is 24.3 Å². The molecule has 0 fully saturated rings. The number of rotatable bonds is 7. The Morgan fingerprint density at radius 1 is 1.26 bits per heavy atom. The lowest BCUT2D eigenvalue weighted by Crippen LogP contribution is -2.33. The molecule has 0 saturated heterocycles. The summed E-state index contributed by atoms with van der Waals surface area (Å²) in [6.45, 7) is 4.13. The average Bonchev–Trinajstić information content (AvgIpc) is 3.09. The van der Waals surface area contributed by atoms with Crippen molar-refractivity contribution in [1.82, 2.24) is 4.90 Å². The molecular weight excluding hydrogens is 312 g/mol. The quantitative estimate of drug-likeness (QED) is 0.767. The summed E-state index contributed by atoms with van der Waals surface area (Å²) in [5.41, 5.74) is 1.12. The van der Waals surface area contributed by atoms with Crippen LogP contribution in [0.1, 0.15) is 20.0 Å². The molecule has 2 N–H and O–H groups in total. The van der Waals surface area contributed by atoms with Crippen LogP contribution in [-0.2, 0) is 0 Å². The van der Waals surface area contributed by atoms with Crippen LogP contribution in [0.4, 0.5) is 5.69 Å². The molecule has 0 aliphatic rings. The van der Waals surface area contributed by atoms with Crippen molar-refractivity contribution < 1.29 is 14.7 Å². The Morgan fingerprint density at radius 2 is 2.00 bits per heavy atom. The predicted molar refractivity (Wildman–Crippen MR) is 91.9 cm³/mol. The van der Waals surface area contributed by atoms with E-state index < -0.39 is 0 Å². The molecule has 0 aliphatic heterocycles. The van der Waals surface area contributed by atoms with Gasteiger partial charge in [0.15, 0.2) is 0 Å². The zero-order valence-corrected chi connectivity index (χ0v) is 13.4. The number of benzene rings is 1. The Bertz CT molecular complexity index is 666. The second kappa shape index (κ2) is 8.26. The highest BCUT2D eigenvalue weighted by Crippen LogP contribution is 2.15. The lowest BCUT2D eigenvalue weighted by molar-refractivity contribution is 0.0743. The monoisotopic (exact) mass is 330 g/mol. The third kappa shape index (κ3) is 4.51. The number of carbonyl (C=O) groups excluding carboxylic acids is 2. The van der Waals surface area contributed by atoms with E-state index in [2.05, 4.69) is 11.9 Å². The van der Waals surface area contributed by atoms with Crippen LogP contribution in [0.2, 0.25) is 0 Å². The third-order valence-electron chi connectivity index (χ3n) is 3.14. The van der Waals surface area contributed by atoms with Gasteiger partial charge in [-0.1, -0.05) is 12.1 Å². The summed E-state index contributed by atoms with van der Waals surface area (Å²) in [4.78, 5) is 26.4. The van der Waals surface area contributed by atoms with Gasteiger partial charge in [-0.25, -0.2) is 0 Å². The maximum Gasteiger partial charge on any atom is 0.265 e. The van der Waals surface area contributed by atoms with Gasteiger partial charge in [-0.2, -0.15) is 0 Å². The number of anilines is 1. The zero-order chi connectivity index (χ0) is 16.7. The van der Waals surface area contributed by atoms with Crippen molar-refractivity contribution in [2.45, 2.75) is 0 Å². The van der Waals surface area contributed by atoms with Crippen molar-refractivity contribution in [1.29, 1.82) is 0 Å². The smallest absolute Gasteiger partial charge is 0.265 e. The van der Waals surface area contributed by atoms with Gasteiger partial charge < -0.3 is 15.3 Å². The van der Waals surface area contributed by atoms with E-state index in [1.807, 2.05) is 11.4 Å². The first-order valence-corrected chi connectivity index (χ1v) is 7.99. The van der Waals surface area contributed by atoms with Crippen LogP contribution in [0.15, 0.2) is 54.4 Å². The average molecular weight is 330 g/mol. The molecule has 0 bridgehead atoms. The van der Waals surface area contributed by atoms with Crippen LogP contribution in [-0.4, -0.2) is 41.5 Å². The molecule has 2 aromatic rings. The number of nitrogens with zero attached hydrogens (tertiary/aromatic N) is 1. The molecule has 2 rings (SSSR count). The number of aliphatic hydroxyl groups is 1. The highest BCUT2D eigenvalue weighted by atomic mass is 32.1. The molecule has 2 amide bonds. The minimum Gasteiger partial charge on any atom is -0.395 e. The van der Waals surface area contributed by atoms with E-state index >= 15 is 0 Å². The van der Waals surface area contributed by atoms with Crippen LogP contribution in [0.25, 0.3) is 0 Å². The Kier molecular flexibility index (Phi) is 6.08. The molecular formula is C17H18N2O3S. The molecule has 1 heterocycles. The van der Waals surface area contributed by atoms with E-state index in [9.17, 15) is 9.59 Å². The number of aliphatic hydroxyl groups excluding tert-OH is 1. The summed E-state index contributed by atoms with van der Waals surface area (Å²) in [6, 6.07) is 10.2. The molecule has 0 aliphatic carbocycles. The van der Waals surface area contributed by atoms with Crippen molar-refractivity contribution >= 4 is 28.8 Å². The Morgan fingerprint density at radius 3 is 2.57 bits per heavy atom. The van der Waals surface area contributed by atoms with Crippen LogP contribution in [0.3, 0.4) is 0 Å². The van der Waals surface area contributed by atoms with E-state index in [0.717, 1.165) is 0 Å². The molecule has 120 valence electrons. The van der Waals surface area contributed by atoms with Gasteiger partial charge >= 0.3 is 0 Å². The van der Waals surface area contributed by atoms with Gasteiger partial charge in [0.05, 0.1) is 11.5 Å². The fourth-order valence-corrected chi connectivity index (χ4v) is 2.65. The third-order valence-corrected chi connectivity index (χ3v) is 4.01. The molecule has 0 radical (unpaired) electrons. The van der Waals surface area contributed by atoms with Crippen molar-refractivity contribution in [3.8, 4) is 0 Å². The summed E-state index contributed by atoms with van der Waals surface area (Å²) in [6.07, 6.45) is 1.61. The maximum atomic E-state index is 12.3. The van der Waals surface area contributed by atoms with Crippen LogP contribution in [0.5, 0.6) is 0 Å². The molecule has 0 unspecified atom stereocenters. The van der Waals surface area contributed by atoms with Gasteiger partial charge in [-0.3, -0.25) is 9.59 Å². The summed E-state index contributed by atoms with van der Waals surface area (Å²) >= 11 is 1.37. The molecule has 6 heteroatoms. The van der Waals surface area contributed by atoms with E-state index in [4.69, 9.17) is 5.11 Å². The number of hydrogen-bond acceptors (Lipinski definition) is 4. The summed E-state index contributed by atoms with van der Waals surface area (Å²) in [5, 5.41) is 13.6. The highest BCUT2D eigenvalue weighted by Gasteiger charge is 2.14. The lowest BCUT2D eigenvalue weighted by atomic mass is 10.1. The molecule has 1 aromatic heterocycles. The fourth-order valence-electron chi connectivity index (χ4n) is 2.03. The summed E-state index contributed by atoms with van der Waals surface area (Å²) in [7, 11) is 0. The number of carbonyl (C=O) groups is 2. The number of amides is 2.